The van der Waals surface area contributed by atoms with Crippen molar-refractivity contribution in [3.8, 4) is 5.75 Å². The van der Waals surface area contributed by atoms with Crippen molar-refractivity contribution in [3.05, 3.63) is 16.3 Å². The van der Waals surface area contributed by atoms with E-state index in [1.54, 1.807) is 18.6 Å². The number of rotatable bonds is 5. The Balaban J connectivity index is 2.60. The zero-order chi connectivity index (χ0) is 11.3. The molecule has 84 valence electrons. The highest BCUT2D eigenvalue weighted by molar-refractivity contribution is 7.12. The summed E-state index contributed by atoms with van der Waals surface area (Å²) in [6.07, 6.45) is 0.838. The fourth-order valence-electron chi connectivity index (χ4n) is 1.13. The van der Waals surface area contributed by atoms with Gasteiger partial charge in [0, 0.05) is 24.0 Å². The maximum Gasteiger partial charge on any atom is 0.261 e. The van der Waals surface area contributed by atoms with Crippen molar-refractivity contribution in [3.63, 3.8) is 0 Å². The molecule has 4 nitrogen and oxygen atoms in total. The first-order valence-corrected chi connectivity index (χ1v) is 5.72. The van der Waals surface area contributed by atoms with Gasteiger partial charge in [0.2, 0.25) is 0 Å². The van der Waals surface area contributed by atoms with E-state index in [9.17, 15) is 4.79 Å². The normalized spacial score (nSPS) is 12.2. The fraction of sp³-hybridized carbons (Fsp3) is 0.500. The highest BCUT2D eigenvalue weighted by Gasteiger charge is 2.12. The average Bonchev–Trinajstić information content (AvgIpc) is 2.74. The summed E-state index contributed by atoms with van der Waals surface area (Å²) in [5.41, 5.74) is 5.51. The lowest BCUT2D eigenvalue weighted by Gasteiger charge is -2.13. The summed E-state index contributed by atoms with van der Waals surface area (Å²) in [5.74, 6) is 0.631. The Morgan fingerprint density at radius 3 is 2.93 bits per heavy atom. The van der Waals surface area contributed by atoms with Crippen molar-refractivity contribution in [2.75, 3.05) is 13.7 Å². The van der Waals surface area contributed by atoms with Gasteiger partial charge >= 0.3 is 0 Å². The third-order valence-electron chi connectivity index (χ3n) is 2.15. The smallest absolute Gasteiger partial charge is 0.261 e. The van der Waals surface area contributed by atoms with Crippen molar-refractivity contribution in [2.24, 2.45) is 5.73 Å². The average molecular weight is 228 g/mol. The maximum absolute atomic E-state index is 11.7. The summed E-state index contributed by atoms with van der Waals surface area (Å²) in [6.45, 7) is 2.46. The van der Waals surface area contributed by atoms with Crippen LogP contribution in [0.2, 0.25) is 0 Å². The van der Waals surface area contributed by atoms with Gasteiger partial charge in [-0.25, -0.2) is 0 Å². The van der Waals surface area contributed by atoms with Crippen molar-refractivity contribution < 1.29 is 9.53 Å². The molecule has 0 aliphatic heterocycles. The first-order valence-electron chi connectivity index (χ1n) is 4.84. The van der Waals surface area contributed by atoms with Crippen LogP contribution in [-0.2, 0) is 0 Å². The first kappa shape index (κ1) is 12.0. The number of carbonyl (C=O) groups is 1. The quantitative estimate of drug-likeness (QED) is 0.796. The SMILES string of the molecule is CCC(CN)NC(=O)c1cc(OC)cs1. The molecule has 0 aliphatic rings. The number of hydrogen-bond donors (Lipinski definition) is 2. The van der Waals surface area contributed by atoms with Crippen LogP contribution in [0.25, 0.3) is 0 Å². The van der Waals surface area contributed by atoms with Gasteiger partial charge in [0.15, 0.2) is 0 Å². The summed E-state index contributed by atoms with van der Waals surface area (Å²) in [7, 11) is 1.58. The van der Waals surface area contributed by atoms with Crippen LogP contribution in [0.3, 0.4) is 0 Å². The molecule has 15 heavy (non-hydrogen) atoms. The molecule has 0 fully saturated rings. The van der Waals surface area contributed by atoms with Crippen LogP contribution in [0.1, 0.15) is 23.0 Å². The van der Waals surface area contributed by atoms with Crippen molar-refractivity contribution in [1.29, 1.82) is 0 Å². The van der Waals surface area contributed by atoms with Crippen molar-refractivity contribution >= 4 is 17.2 Å². The van der Waals surface area contributed by atoms with Crippen LogP contribution in [0.4, 0.5) is 0 Å². The summed E-state index contributed by atoms with van der Waals surface area (Å²) in [4.78, 5) is 12.3. The van der Waals surface area contributed by atoms with Crippen molar-refractivity contribution in [2.45, 2.75) is 19.4 Å². The van der Waals surface area contributed by atoms with Crippen LogP contribution in [0.5, 0.6) is 5.75 Å². The fourth-order valence-corrected chi connectivity index (χ4v) is 1.89. The molecule has 1 aromatic rings. The van der Waals surface area contributed by atoms with E-state index in [1.807, 2.05) is 6.92 Å². The van der Waals surface area contributed by atoms with Gasteiger partial charge in [0.25, 0.3) is 5.91 Å². The van der Waals surface area contributed by atoms with Gasteiger partial charge in [-0.15, -0.1) is 11.3 Å². The minimum atomic E-state index is -0.0828. The zero-order valence-corrected chi connectivity index (χ0v) is 9.76. The number of thiophene rings is 1. The van der Waals surface area contributed by atoms with Gasteiger partial charge in [-0.2, -0.15) is 0 Å². The van der Waals surface area contributed by atoms with E-state index < -0.39 is 0 Å². The molecule has 0 spiro atoms. The molecule has 0 saturated heterocycles. The van der Waals surface area contributed by atoms with Crippen LogP contribution in [-0.4, -0.2) is 25.6 Å². The van der Waals surface area contributed by atoms with E-state index in [0.29, 0.717) is 17.2 Å². The lowest BCUT2D eigenvalue weighted by atomic mass is 10.2. The zero-order valence-electron chi connectivity index (χ0n) is 8.95. The van der Waals surface area contributed by atoms with Crippen LogP contribution in [0, 0.1) is 0 Å². The molecule has 0 saturated carbocycles. The molecule has 1 aromatic heterocycles. The molecule has 5 heteroatoms. The molecule has 0 radical (unpaired) electrons. The summed E-state index contributed by atoms with van der Waals surface area (Å²) >= 11 is 1.37. The maximum atomic E-state index is 11.7. The second-order valence-corrected chi connectivity index (χ2v) is 4.08. The predicted octanol–water partition coefficient (Wildman–Crippen LogP) is 1.22. The second-order valence-electron chi connectivity index (χ2n) is 3.17. The Hall–Kier alpha value is -1.07. The molecule has 0 bridgehead atoms. The minimum Gasteiger partial charge on any atom is -0.496 e. The Morgan fingerprint density at radius 1 is 1.73 bits per heavy atom. The Morgan fingerprint density at radius 2 is 2.47 bits per heavy atom. The predicted molar refractivity (Wildman–Crippen MR) is 61.5 cm³/mol. The number of nitrogens with one attached hydrogen (secondary N) is 1. The standard InChI is InChI=1S/C10H16N2O2S/c1-3-7(5-11)12-10(13)9-4-8(14-2)6-15-9/h4,6-7H,3,5,11H2,1-2H3,(H,12,13). The Bertz CT molecular complexity index is 321. The third kappa shape index (κ3) is 3.21. The van der Waals surface area contributed by atoms with E-state index in [1.165, 1.54) is 11.3 Å². The van der Waals surface area contributed by atoms with Crippen LogP contribution >= 0.6 is 11.3 Å². The topological polar surface area (TPSA) is 64.3 Å². The van der Waals surface area contributed by atoms with E-state index >= 15 is 0 Å². The molecular weight excluding hydrogens is 212 g/mol. The third-order valence-corrected chi connectivity index (χ3v) is 3.05. The number of hydrogen-bond acceptors (Lipinski definition) is 4. The molecule has 1 heterocycles. The number of methoxy groups -OCH3 is 1. The molecule has 1 rings (SSSR count). The molecule has 1 unspecified atom stereocenters. The molecule has 1 atom stereocenters. The van der Waals surface area contributed by atoms with Gasteiger partial charge in [0.05, 0.1) is 12.0 Å². The molecule has 3 N–H and O–H groups in total. The van der Waals surface area contributed by atoms with Crippen LogP contribution < -0.4 is 15.8 Å². The molecule has 0 aromatic carbocycles. The lowest BCUT2D eigenvalue weighted by molar-refractivity contribution is 0.0941. The van der Waals surface area contributed by atoms with Gasteiger partial charge in [-0.1, -0.05) is 6.92 Å². The summed E-state index contributed by atoms with van der Waals surface area (Å²) < 4.78 is 5.01. The largest absolute Gasteiger partial charge is 0.496 e. The lowest BCUT2D eigenvalue weighted by Crippen LogP contribution is -2.39. The second kappa shape index (κ2) is 5.72. The van der Waals surface area contributed by atoms with Gasteiger partial charge < -0.3 is 15.8 Å². The van der Waals surface area contributed by atoms with Crippen LogP contribution in [0.15, 0.2) is 11.4 Å². The van der Waals surface area contributed by atoms with E-state index in [-0.39, 0.29) is 11.9 Å². The number of amides is 1. The van der Waals surface area contributed by atoms with Gasteiger partial charge in [-0.3, -0.25) is 4.79 Å². The van der Waals surface area contributed by atoms with Crippen molar-refractivity contribution in [1.82, 2.24) is 5.32 Å². The number of carbonyl (C=O) groups excluding carboxylic acids is 1. The van der Waals surface area contributed by atoms with Gasteiger partial charge in [0.1, 0.15) is 5.75 Å². The first-order chi connectivity index (χ1) is 7.21. The summed E-state index contributed by atoms with van der Waals surface area (Å²) in [6, 6.07) is 1.77. The molecule has 0 aliphatic carbocycles. The number of ether oxygens (including phenoxy) is 1. The number of nitrogens with two attached hydrogens (primary N) is 1. The monoisotopic (exact) mass is 228 g/mol. The van der Waals surface area contributed by atoms with E-state index in [2.05, 4.69) is 5.32 Å². The minimum absolute atomic E-state index is 0.0468. The highest BCUT2D eigenvalue weighted by atomic mass is 32.1. The highest BCUT2D eigenvalue weighted by Crippen LogP contribution is 2.20. The Labute approximate surface area is 93.4 Å². The van der Waals surface area contributed by atoms with Gasteiger partial charge in [-0.05, 0) is 6.42 Å². The van der Waals surface area contributed by atoms with E-state index in [0.717, 1.165) is 6.42 Å². The Kier molecular flexibility index (Phi) is 4.58. The molecule has 1 amide bonds. The summed E-state index contributed by atoms with van der Waals surface area (Å²) in [5, 5.41) is 4.66. The molecular formula is C10H16N2O2S. The van der Waals surface area contributed by atoms with E-state index in [4.69, 9.17) is 10.5 Å².